The Balaban J connectivity index is 2.13. The highest BCUT2D eigenvalue weighted by atomic mass is 16.5. The van der Waals surface area contributed by atoms with Crippen LogP contribution in [0.15, 0.2) is 0 Å². The Morgan fingerprint density at radius 2 is 2.09 bits per heavy atom. The summed E-state index contributed by atoms with van der Waals surface area (Å²) >= 11 is 0. The molecule has 1 aliphatic rings. The molecule has 2 nitrogen and oxygen atoms in total. The largest absolute Gasteiger partial charge is 0.378 e. The molecule has 1 saturated heterocycles. The topological polar surface area (TPSA) is 21.3 Å². The second-order valence-corrected chi connectivity index (χ2v) is 3.58. The molecule has 0 aromatic rings. The highest BCUT2D eigenvalue weighted by molar-refractivity contribution is 4.78. The fourth-order valence-electron chi connectivity index (χ4n) is 1.22. The van der Waals surface area contributed by atoms with Crippen LogP contribution in [0.3, 0.4) is 0 Å². The Hall–Kier alpha value is -0.0800. The van der Waals surface area contributed by atoms with E-state index in [0.717, 1.165) is 19.1 Å². The molecule has 1 aliphatic heterocycles. The van der Waals surface area contributed by atoms with Crippen molar-refractivity contribution in [2.24, 2.45) is 5.92 Å². The Morgan fingerprint density at radius 1 is 1.45 bits per heavy atom. The van der Waals surface area contributed by atoms with Gasteiger partial charge in [-0.15, -0.1) is 0 Å². The summed E-state index contributed by atoms with van der Waals surface area (Å²) in [4.78, 5) is 0. The quantitative estimate of drug-likeness (QED) is 0.666. The van der Waals surface area contributed by atoms with Crippen molar-refractivity contribution < 1.29 is 4.74 Å². The van der Waals surface area contributed by atoms with Gasteiger partial charge < -0.3 is 10.1 Å². The lowest BCUT2D eigenvalue weighted by Gasteiger charge is -2.32. The van der Waals surface area contributed by atoms with E-state index in [1.165, 1.54) is 6.42 Å². The maximum absolute atomic E-state index is 5.09. The van der Waals surface area contributed by atoms with Gasteiger partial charge in [-0.1, -0.05) is 20.3 Å². The van der Waals surface area contributed by atoms with Crippen molar-refractivity contribution in [2.45, 2.75) is 39.3 Å². The van der Waals surface area contributed by atoms with Crippen LogP contribution in [0.4, 0.5) is 0 Å². The maximum Gasteiger partial charge on any atom is 0.0643 e. The summed E-state index contributed by atoms with van der Waals surface area (Å²) in [6, 6.07) is 1.26. The molecular formula is C9H19NO. The zero-order chi connectivity index (χ0) is 8.27. The predicted molar refractivity (Wildman–Crippen MR) is 46.7 cm³/mol. The third-order valence-corrected chi connectivity index (χ3v) is 2.63. The lowest BCUT2D eigenvalue weighted by Crippen LogP contribution is -2.51. The summed E-state index contributed by atoms with van der Waals surface area (Å²) in [5.41, 5.74) is 0. The van der Waals surface area contributed by atoms with Crippen molar-refractivity contribution in [1.82, 2.24) is 5.32 Å². The summed E-state index contributed by atoms with van der Waals surface area (Å²) in [5.74, 6) is 0.774. The van der Waals surface area contributed by atoms with E-state index in [2.05, 4.69) is 26.1 Å². The van der Waals surface area contributed by atoms with E-state index in [9.17, 15) is 0 Å². The highest BCUT2D eigenvalue weighted by Crippen LogP contribution is 2.09. The van der Waals surface area contributed by atoms with Crippen LogP contribution >= 0.6 is 0 Å². The fraction of sp³-hybridized carbons (Fsp3) is 1.00. The SMILES string of the molecule is CCC(C)C(C)NC1COC1. The van der Waals surface area contributed by atoms with Crippen LogP contribution in [0.2, 0.25) is 0 Å². The average molecular weight is 157 g/mol. The lowest BCUT2D eigenvalue weighted by molar-refractivity contribution is -0.0118. The monoisotopic (exact) mass is 157 g/mol. The van der Waals surface area contributed by atoms with Crippen molar-refractivity contribution in [3.05, 3.63) is 0 Å². The van der Waals surface area contributed by atoms with Gasteiger partial charge in [-0.05, 0) is 12.8 Å². The summed E-state index contributed by atoms with van der Waals surface area (Å²) in [6.07, 6.45) is 1.25. The van der Waals surface area contributed by atoms with E-state index in [0.29, 0.717) is 12.1 Å². The second kappa shape index (κ2) is 4.07. The van der Waals surface area contributed by atoms with Gasteiger partial charge in [0.2, 0.25) is 0 Å². The van der Waals surface area contributed by atoms with Crippen LogP contribution in [-0.4, -0.2) is 25.3 Å². The fourth-order valence-corrected chi connectivity index (χ4v) is 1.22. The Bertz CT molecular complexity index is 112. The van der Waals surface area contributed by atoms with E-state index < -0.39 is 0 Å². The molecule has 2 atom stereocenters. The number of rotatable bonds is 4. The van der Waals surface area contributed by atoms with Crippen LogP contribution in [0.5, 0.6) is 0 Å². The second-order valence-electron chi connectivity index (χ2n) is 3.58. The van der Waals surface area contributed by atoms with Gasteiger partial charge in [0.15, 0.2) is 0 Å². The van der Waals surface area contributed by atoms with Crippen LogP contribution in [0, 0.1) is 5.92 Å². The zero-order valence-electron chi connectivity index (χ0n) is 7.76. The smallest absolute Gasteiger partial charge is 0.0643 e. The Kier molecular flexibility index (Phi) is 3.34. The summed E-state index contributed by atoms with van der Waals surface area (Å²) in [5, 5.41) is 3.54. The lowest BCUT2D eigenvalue weighted by atomic mass is 10.00. The third kappa shape index (κ3) is 2.46. The van der Waals surface area contributed by atoms with Gasteiger partial charge in [0, 0.05) is 6.04 Å². The van der Waals surface area contributed by atoms with E-state index in [4.69, 9.17) is 4.74 Å². The van der Waals surface area contributed by atoms with E-state index in [1.807, 2.05) is 0 Å². The summed E-state index contributed by atoms with van der Waals surface area (Å²) in [6.45, 7) is 8.59. The molecule has 11 heavy (non-hydrogen) atoms. The van der Waals surface area contributed by atoms with Crippen molar-refractivity contribution in [1.29, 1.82) is 0 Å². The number of hydrogen-bond donors (Lipinski definition) is 1. The zero-order valence-corrected chi connectivity index (χ0v) is 7.76. The molecule has 1 rings (SSSR count). The first-order valence-electron chi connectivity index (χ1n) is 4.57. The molecule has 0 aromatic heterocycles. The first-order valence-corrected chi connectivity index (χ1v) is 4.57. The van der Waals surface area contributed by atoms with Crippen LogP contribution in [-0.2, 0) is 4.74 Å². The first-order chi connectivity index (χ1) is 5.24. The van der Waals surface area contributed by atoms with E-state index in [-0.39, 0.29) is 0 Å². The molecule has 0 radical (unpaired) electrons. The standard InChI is InChI=1S/C9H19NO/c1-4-7(2)8(3)10-9-5-11-6-9/h7-10H,4-6H2,1-3H3. The predicted octanol–water partition coefficient (Wildman–Crippen LogP) is 1.41. The number of nitrogens with one attached hydrogen (secondary N) is 1. The van der Waals surface area contributed by atoms with Gasteiger partial charge in [0.1, 0.15) is 0 Å². The minimum Gasteiger partial charge on any atom is -0.378 e. The molecule has 1 fully saturated rings. The Morgan fingerprint density at radius 3 is 2.45 bits per heavy atom. The molecule has 66 valence electrons. The maximum atomic E-state index is 5.09. The molecule has 2 heteroatoms. The molecule has 1 N–H and O–H groups in total. The van der Waals surface area contributed by atoms with Crippen molar-refractivity contribution in [2.75, 3.05) is 13.2 Å². The van der Waals surface area contributed by atoms with Crippen LogP contribution in [0.25, 0.3) is 0 Å². The molecule has 2 unspecified atom stereocenters. The number of hydrogen-bond acceptors (Lipinski definition) is 2. The van der Waals surface area contributed by atoms with Crippen molar-refractivity contribution in [3.8, 4) is 0 Å². The highest BCUT2D eigenvalue weighted by Gasteiger charge is 2.21. The molecular weight excluding hydrogens is 138 g/mol. The normalized spacial score (nSPS) is 24.3. The minimum atomic E-state index is 0.624. The molecule has 0 aliphatic carbocycles. The van der Waals surface area contributed by atoms with Gasteiger partial charge in [-0.3, -0.25) is 0 Å². The van der Waals surface area contributed by atoms with Gasteiger partial charge in [0.25, 0.3) is 0 Å². The number of ether oxygens (including phenoxy) is 1. The van der Waals surface area contributed by atoms with E-state index >= 15 is 0 Å². The minimum absolute atomic E-state index is 0.624. The van der Waals surface area contributed by atoms with Gasteiger partial charge in [-0.25, -0.2) is 0 Å². The van der Waals surface area contributed by atoms with Crippen LogP contribution < -0.4 is 5.32 Å². The summed E-state index contributed by atoms with van der Waals surface area (Å²) < 4.78 is 5.09. The molecule has 0 bridgehead atoms. The molecule has 0 aromatic carbocycles. The molecule has 0 amide bonds. The average Bonchev–Trinajstić information content (AvgIpc) is 1.94. The van der Waals surface area contributed by atoms with Crippen LogP contribution in [0.1, 0.15) is 27.2 Å². The van der Waals surface area contributed by atoms with Crippen molar-refractivity contribution in [3.63, 3.8) is 0 Å². The Labute approximate surface area is 69.3 Å². The van der Waals surface area contributed by atoms with E-state index in [1.54, 1.807) is 0 Å². The van der Waals surface area contributed by atoms with Gasteiger partial charge in [0.05, 0.1) is 19.3 Å². The molecule has 1 heterocycles. The molecule has 0 saturated carbocycles. The molecule has 0 spiro atoms. The first kappa shape index (κ1) is 9.01. The van der Waals surface area contributed by atoms with Gasteiger partial charge >= 0.3 is 0 Å². The van der Waals surface area contributed by atoms with Crippen molar-refractivity contribution >= 4 is 0 Å². The summed E-state index contributed by atoms with van der Waals surface area (Å²) in [7, 11) is 0. The third-order valence-electron chi connectivity index (χ3n) is 2.63. The van der Waals surface area contributed by atoms with Gasteiger partial charge in [-0.2, -0.15) is 0 Å².